The van der Waals surface area contributed by atoms with Crippen molar-refractivity contribution in [2.45, 2.75) is 19.8 Å². The third-order valence-corrected chi connectivity index (χ3v) is 2.50. The molecule has 0 aromatic heterocycles. The minimum Gasteiger partial charge on any atom is -0.325 e. The summed E-state index contributed by atoms with van der Waals surface area (Å²) in [6.45, 7) is 1.36. The molecule has 1 aromatic carbocycles. The van der Waals surface area contributed by atoms with Crippen LogP contribution in [0.3, 0.4) is 0 Å². The maximum absolute atomic E-state index is 13.1. The number of anilines is 2. The number of carbonyl (C=O) groups excluding carboxylic acids is 2. The van der Waals surface area contributed by atoms with E-state index in [1.807, 2.05) is 0 Å². The van der Waals surface area contributed by atoms with Crippen molar-refractivity contribution in [3.8, 4) is 0 Å². The van der Waals surface area contributed by atoms with Crippen LogP contribution < -0.4 is 10.6 Å². The second kappa shape index (κ2) is 4.53. The van der Waals surface area contributed by atoms with Gasteiger partial charge in [-0.2, -0.15) is 0 Å². The second-order valence-corrected chi connectivity index (χ2v) is 4.13. The van der Waals surface area contributed by atoms with Crippen LogP contribution in [-0.2, 0) is 9.59 Å². The Balaban J connectivity index is 2.19. The molecule has 0 spiro atoms. The van der Waals surface area contributed by atoms with E-state index in [4.69, 9.17) is 0 Å². The molecule has 0 unspecified atom stereocenters. The van der Waals surface area contributed by atoms with E-state index in [2.05, 4.69) is 10.6 Å². The molecule has 0 saturated heterocycles. The summed E-state index contributed by atoms with van der Waals surface area (Å²) in [5.41, 5.74) is 0.713. The molecule has 1 aliphatic carbocycles. The Hall–Kier alpha value is -1.91. The molecule has 17 heavy (non-hydrogen) atoms. The van der Waals surface area contributed by atoms with Crippen molar-refractivity contribution in [3.05, 3.63) is 24.0 Å². The Labute approximate surface area is 98.2 Å². The van der Waals surface area contributed by atoms with Gasteiger partial charge < -0.3 is 10.6 Å². The zero-order valence-electron chi connectivity index (χ0n) is 9.42. The Kier molecular flexibility index (Phi) is 3.08. The van der Waals surface area contributed by atoms with Gasteiger partial charge in [-0.1, -0.05) is 0 Å². The molecule has 0 radical (unpaired) electrons. The molecule has 0 aliphatic heterocycles. The highest BCUT2D eigenvalue weighted by Gasteiger charge is 2.30. The van der Waals surface area contributed by atoms with Gasteiger partial charge in [0.05, 0.1) is 11.4 Å². The van der Waals surface area contributed by atoms with E-state index in [0.717, 1.165) is 12.8 Å². The van der Waals surface area contributed by atoms with Crippen molar-refractivity contribution in [1.82, 2.24) is 0 Å². The highest BCUT2D eigenvalue weighted by molar-refractivity contribution is 6.00. The molecule has 0 heterocycles. The maximum Gasteiger partial charge on any atom is 0.227 e. The number of amides is 2. The van der Waals surface area contributed by atoms with Gasteiger partial charge in [0.2, 0.25) is 11.8 Å². The summed E-state index contributed by atoms with van der Waals surface area (Å²) in [5.74, 6) is -0.811. The van der Waals surface area contributed by atoms with Crippen LogP contribution >= 0.6 is 0 Å². The zero-order valence-corrected chi connectivity index (χ0v) is 9.42. The summed E-state index contributed by atoms with van der Waals surface area (Å²) in [4.78, 5) is 22.5. The predicted octanol–water partition coefficient (Wildman–Crippen LogP) is 2.13. The van der Waals surface area contributed by atoms with Crippen molar-refractivity contribution in [2.75, 3.05) is 10.6 Å². The van der Waals surface area contributed by atoms with Crippen LogP contribution in [0.15, 0.2) is 18.2 Å². The lowest BCUT2D eigenvalue weighted by Crippen LogP contribution is -2.16. The number of nitrogens with one attached hydrogen (secondary N) is 2. The van der Waals surface area contributed by atoms with Gasteiger partial charge in [0.15, 0.2) is 0 Å². The summed E-state index contributed by atoms with van der Waals surface area (Å²) in [6, 6.07) is 3.86. The van der Waals surface area contributed by atoms with E-state index in [-0.39, 0.29) is 17.7 Å². The van der Waals surface area contributed by atoms with Crippen LogP contribution in [0, 0.1) is 11.7 Å². The molecule has 1 fully saturated rings. The Morgan fingerprint density at radius 1 is 1.24 bits per heavy atom. The van der Waals surface area contributed by atoms with Crippen LogP contribution in [0.2, 0.25) is 0 Å². The molecule has 5 heteroatoms. The van der Waals surface area contributed by atoms with Gasteiger partial charge in [-0.15, -0.1) is 0 Å². The number of benzene rings is 1. The van der Waals surface area contributed by atoms with E-state index in [1.165, 1.54) is 25.1 Å². The molecular formula is C12H13FN2O2. The molecular weight excluding hydrogens is 223 g/mol. The number of carbonyl (C=O) groups is 2. The molecule has 2 N–H and O–H groups in total. The number of halogens is 1. The third-order valence-electron chi connectivity index (χ3n) is 2.50. The summed E-state index contributed by atoms with van der Waals surface area (Å²) < 4.78 is 13.1. The maximum atomic E-state index is 13.1. The molecule has 90 valence electrons. The first-order chi connectivity index (χ1) is 8.06. The average molecular weight is 236 g/mol. The first-order valence-electron chi connectivity index (χ1n) is 5.44. The van der Waals surface area contributed by atoms with E-state index >= 15 is 0 Å². The number of rotatable bonds is 3. The van der Waals surface area contributed by atoms with Crippen LogP contribution in [0.25, 0.3) is 0 Å². The molecule has 2 rings (SSSR count). The van der Waals surface area contributed by atoms with Crippen molar-refractivity contribution in [1.29, 1.82) is 0 Å². The number of hydrogen-bond acceptors (Lipinski definition) is 2. The first-order valence-corrected chi connectivity index (χ1v) is 5.44. The lowest BCUT2D eigenvalue weighted by Gasteiger charge is -2.11. The molecule has 4 nitrogen and oxygen atoms in total. The monoisotopic (exact) mass is 236 g/mol. The highest BCUT2D eigenvalue weighted by Crippen LogP contribution is 2.31. The highest BCUT2D eigenvalue weighted by atomic mass is 19.1. The molecule has 0 bridgehead atoms. The fourth-order valence-electron chi connectivity index (χ4n) is 1.50. The van der Waals surface area contributed by atoms with Crippen LogP contribution in [0.4, 0.5) is 15.8 Å². The predicted molar refractivity (Wildman–Crippen MR) is 62.1 cm³/mol. The van der Waals surface area contributed by atoms with E-state index in [1.54, 1.807) is 0 Å². The Bertz CT molecular complexity index is 470. The smallest absolute Gasteiger partial charge is 0.227 e. The van der Waals surface area contributed by atoms with Crippen molar-refractivity contribution in [3.63, 3.8) is 0 Å². The standard InChI is InChI=1S/C12H13FN2O2/c1-7(16)14-10-5-4-9(13)6-11(10)15-12(17)8-2-3-8/h4-6,8H,2-3H2,1H3,(H,14,16)(H,15,17). The van der Waals surface area contributed by atoms with Crippen LogP contribution in [-0.4, -0.2) is 11.8 Å². The molecule has 1 aliphatic rings. The van der Waals surface area contributed by atoms with Crippen molar-refractivity contribution < 1.29 is 14.0 Å². The van der Waals surface area contributed by atoms with E-state index in [0.29, 0.717) is 11.4 Å². The molecule has 1 saturated carbocycles. The summed E-state index contributed by atoms with van der Waals surface area (Å²) in [6.07, 6.45) is 1.74. The van der Waals surface area contributed by atoms with Gasteiger partial charge in [-0.3, -0.25) is 9.59 Å². The summed E-state index contributed by atoms with van der Waals surface area (Å²) in [7, 11) is 0. The fraction of sp³-hybridized carbons (Fsp3) is 0.333. The van der Waals surface area contributed by atoms with Gasteiger partial charge in [0, 0.05) is 12.8 Å². The average Bonchev–Trinajstić information content (AvgIpc) is 3.05. The Morgan fingerprint density at radius 2 is 1.94 bits per heavy atom. The SMILES string of the molecule is CC(=O)Nc1ccc(F)cc1NC(=O)C1CC1. The Morgan fingerprint density at radius 3 is 2.53 bits per heavy atom. The van der Waals surface area contributed by atoms with Crippen LogP contribution in [0.5, 0.6) is 0 Å². The van der Waals surface area contributed by atoms with Crippen molar-refractivity contribution >= 4 is 23.2 Å². The van der Waals surface area contributed by atoms with Gasteiger partial charge in [-0.05, 0) is 31.0 Å². The van der Waals surface area contributed by atoms with Gasteiger partial charge in [0.1, 0.15) is 5.82 Å². The zero-order chi connectivity index (χ0) is 12.4. The second-order valence-electron chi connectivity index (χ2n) is 4.13. The molecule has 0 atom stereocenters. The lowest BCUT2D eigenvalue weighted by atomic mass is 10.2. The van der Waals surface area contributed by atoms with Crippen molar-refractivity contribution in [2.24, 2.45) is 5.92 Å². The normalized spacial score (nSPS) is 14.2. The first kappa shape index (κ1) is 11.6. The fourth-order valence-corrected chi connectivity index (χ4v) is 1.50. The summed E-state index contributed by atoms with van der Waals surface area (Å²) in [5, 5.41) is 5.17. The van der Waals surface area contributed by atoms with Crippen LogP contribution in [0.1, 0.15) is 19.8 Å². The van der Waals surface area contributed by atoms with Gasteiger partial charge in [0.25, 0.3) is 0 Å². The van der Waals surface area contributed by atoms with Gasteiger partial charge >= 0.3 is 0 Å². The topological polar surface area (TPSA) is 58.2 Å². The van der Waals surface area contributed by atoms with E-state index in [9.17, 15) is 14.0 Å². The quantitative estimate of drug-likeness (QED) is 0.844. The van der Waals surface area contributed by atoms with Gasteiger partial charge in [-0.25, -0.2) is 4.39 Å². The molecule has 2 amide bonds. The lowest BCUT2D eigenvalue weighted by molar-refractivity contribution is -0.117. The number of hydrogen-bond donors (Lipinski definition) is 2. The van der Waals surface area contributed by atoms with E-state index < -0.39 is 5.82 Å². The largest absolute Gasteiger partial charge is 0.325 e. The minimum absolute atomic E-state index is 0.0310. The molecule has 1 aromatic rings. The third kappa shape index (κ3) is 3.03. The summed E-state index contributed by atoms with van der Waals surface area (Å²) >= 11 is 0. The minimum atomic E-state index is -0.454.